The van der Waals surface area contributed by atoms with Crippen molar-refractivity contribution in [1.29, 1.82) is 0 Å². The third-order valence-electron chi connectivity index (χ3n) is 4.50. The van der Waals surface area contributed by atoms with E-state index >= 15 is 0 Å². The molecule has 0 fully saturated rings. The maximum Gasteiger partial charge on any atom is 0.326 e. The van der Waals surface area contributed by atoms with Gasteiger partial charge in [-0.3, -0.25) is 24.5 Å². The van der Waals surface area contributed by atoms with E-state index in [4.69, 9.17) is 12.9 Å². The highest BCUT2D eigenvalue weighted by molar-refractivity contribution is 6.45. The predicted octanol–water partition coefficient (Wildman–Crippen LogP) is -1.47. The second kappa shape index (κ2) is 11.2. The summed E-state index contributed by atoms with van der Waals surface area (Å²) in [5, 5.41) is 13.3. The van der Waals surface area contributed by atoms with Crippen LogP contribution >= 0.6 is 0 Å². The van der Waals surface area contributed by atoms with Crippen LogP contribution in [0.25, 0.3) is 0 Å². The minimum Gasteiger partial charge on any atom is -0.450 e. The zero-order chi connectivity index (χ0) is 23.8. The van der Waals surface area contributed by atoms with E-state index in [0.29, 0.717) is 7.48 Å². The van der Waals surface area contributed by atoms with E-state index < -0.39 is 47.5 Å². The summed E-state index contributed by atoms with van der Waals surface area (Å²) in [6.07, 6.45) is 0.133. The molecule has 0 aromatic heterocycles. The van der Waals surface area contributed by atoms with Gasteiger partial charge in [-0.15, -0.1) is 0 Å². The Hall–Kier alpha value is -3.53. The highest BCUT2D eigenvalue weighted by Gasteiger charge is 2.27. The van der Waals surface area contributed by atoms with Crippen LogP contribution in [0.15, 0.2) is 36.4 Å². The Kier molecular flexibility index (Phi) is 8.65. The number of imide groups is 1. The van der Waals surface area contributed by atoms with Gasteiger partial charge in [0.2, 0.25) is 12.3 Å². The van der Waals surface area contributed by atoms with Gasteiger partial charge in [-0.25, -0.2) is 8.78 Å². The first-order valence-electron chi connectivity index (χ1n) is 9.32. The smallest absolute Gasteiger partial charge is 0.326 e. The SMILES string of the molecule is [B]c1ccc(C(=O)NCC(C)N(CC(=O)NC=O)C(=O)c2ccc([B]O)cc2F)c(F)c1. The number of nitrogens with one attached hydrogen (secondary N) is 2. The van der Waals surface area contributed by atoms with E-state index in [-0.39, 0.29) is 29.4 Å². The molecule has 163 valence electrons. The van der Waals surface area contributed by atoms with Crippen LogP contribution in [-0.4, -0.2) is 68.5 Å². The molecule has 1 unspecified atom stereocenters. The molecule has 0 aliphatic heterocycles. The lowest BCUT2D eigenvalue weighted by Gasteiger charge is -2.29. The van der Waals surface area contributed by atoms with Crippen molar-refractivity contribution < 1.29 is 33.0 Å². The molecule has 2 rings (SSSR count). The van der Waals surface area contributed by atoms with Crippen molar-refractivity contribution in [2.45, 2.75) is 13.0 Å². The van der Waals surface area contributed by atoms with Crippen LogP contribution in [0, 0.1) is 11.6 Å². The van der Waals surface area contributed by atoms with Gasteiger partial charge in [0, 0.05) is 12.6 Å². The molecule has 0 aliphatic rings. The van der Waals surface area contributed by atoms with Crippen molar-refractivity contribution in [3.05, 3.63) is 59.2 Å². The first kappa shape index (κ1) is 24.7. The summed E-state index contributed by atoms with van der Waals surface area (Å²) in [4.78, 5) is 48.6. The highest BCUT2D eigenvalue weighted by atomic mass is 19.1. The van der Waals surface area contributed by atoms with E-state index in [0.717, 1.165) is 23.1 Å². The Morgan fingerprint density at radius 3 is 2.41 bits per heavy atom. The standard InChI is InChI=1S/C20H18B2F2N3O5/c1-11(8-25-19(30)14-4-2-12(21)6-16(14)23)27(9-18(29)26-10-28)20(31)15-5-3-13(22-32)7-17(15)24/h2-7,10-11,32H,8-9H2,1H3,(H,25,30)(H,26,28,29). The number of halogens is 2. The lowest BCUT2D eigenvalue weighted by atomic mass is 9.88. The van der Waals surface area contributed by atoms with E-state index in [1.165, 1.54) is 25.1 Å². The molecule has 3 radical (unpaired) electrons. The van der Waals surface area contributed by atoms with Crippen molar-refractivity contribution in [3.8, 4) is 0 Å². The van der Waals surface area contributed by atoms with Gasteiger partial charge in [0.15, 0.2) is 0 Å². The zero-order valence-electron chi connectivity index (χ0n) is 17.0. The Bertz CT molecular complexity index is 1040. The number of hydrogen-bond donors (Lipinski definition) is 3. The summed E-state index contributed by atoms with van der Waals surface area (Å²) >= 11 is 0. The number of benzene rings is 2. The van der Waals surface area contributed by atoms with Crippen LogP contribution in [0.2, 0.25) is 0 Å². The number of carbonyl (C=O) groups excluding carboxylic acids is 4. The first-order chi connectivity index (χ1) is 15.2. The molecule has 1 atom stereocenters. The minimum atomic E-state index is -0.946. The van der Waals surface area contributed by atoms with Gasteiger partial charge in [-0.1, -0.05) is 23.1 Å². The number of rotatable bonds is 9. The molecule has 0 bridgehead atoms. The summed E-state index contributed by atoms with van der Waals surface area (Å²) in [5.74, 6) is -4.30. The van der Waals surface area contributed by atoms with Crippen LogP contribution in [0.5, 0.6) is 0 Å². The fourth-order valence-electron chi connectivity index (χ4n) is 2.80. The Balaban J connectivity index is 2.21. The first-order valence-corrected chi connectivity index (χ1v) is 9.32. The average molecular weight is 440 g/mol. The van der Waals surface area contributed by atoms with E-state index in [2.05, 4.69) is 5.32 Å². The van der Waals surface area contributed by atoms with Gasteiger partial charge in [-0.2, -0.15) is 0 Å². The monoisotopic (exact) mass is 440 g/mol. The maximum atomic E-state index is 14.4. The molecule has 32 heavy (non-hydrogen) atoms. The number of carbonyl (C=O) groups is 4. The van der Waals surface area contributed by atoms with E-state index in [1.54, 1.807) is 0 Å². The predicted molar refractivity (Wildman–Crippen MR) is 113 cm³/mol. The van der Waals surface area contributed by atoms with Crippen molar-refractivity contribution in [2.75, 3.05) is 13.1 Å². The normalized spacial score (nSPS) is 11.2. The van der Waals surface area contributed by atoms with Crippen molar-refractivity contribution >= 4 is 50.4 Å². The summed E-state index contributed by atoms with van der Waals surface area (Å²) in [6.45, 7) is 0.643. The molecule has 4 amide bonds. The molecule has 0 spiro atoms. The van der Waals surface area contributed by atoms with Crippen LogP contribution in [0.1, 0.15) is 27.6 Å². The number of amides is 4. The second-order valence-electron chi connectivity index (χ2n) is 6.79. The zero-order valence-corrected chi connectivity index (χ0v) is 17.0. The van der Waals surface area contributed by atoms with Crippen molar-refractivity contribution in [2.24, 2.45) is 0 Å². The second-order valence-corrected chi connectivity index (χ2v) is 6.79. The van der Waals surface area contributed by atoms with Gasteiger partial charge in [-0.05, 0) is 31.2 Å². The molecular formula is C20H18B2F2N3O5. The summed E-state index contributed by atoms with van der Waals surface area (Å²) in [6, 6.07) is 6.00. The quantitative estimate of drug-likeness (QED) is 0.326. The molecule has 0 heterocycles. The molecular weight excluding hydrogens is 422 g/mol. The van der Waals surface area contributed by atoms with Gasteiger partial charge < -0.3 is 15.2 Å². The van der Waals surface area contributed by atoms with Crippen molar-refractivity contribution in [1.82, 2.24) is 15.5 Å². The molecule has 12 heteroatoms. The highest BCUT2D eigenvalue weighted by Crippen LogP contribution is 2.12. The van der Waals surface area contributed by atoms with Crippen LogP contribution < -0.4 is 21.6 Å². The third-order valence-corrected chi connectivity index (χ3v) is 4.50. The minimum absolute atomic E-state index is 0.120. The molecule has 3 N–H and O–H groups in total. The molecule has 2 aromatic carbocycles. The van der Waals surface area contributed by atoms with Crippen LogP contribution in [-0.2, 0) is 9.59 Å². The van der Waals surface area contributed by atoms with E-state index in [9.17, 15) is 28.0 Å². The van der Waals surface area contributed by atoms with Crippen LogP contribution in [0.4, 0.5) is 8.78 Å². The summed E-state index contributed by atoms with van der Waals surface area (Å²) < 4.78 is 28.3. The van der Waals surface area contributed by atoms with Gasteiger partial charge in [0.25, 0.3) is 11.8 Å². The fourth-order valence-corrected chi connectivity index (χ4v) is 2.80. The molecule has 0 saturated carbocycles. The lowest BCUT2D eigenvalue weighted by molar-refractivity contribution is -0.126. The Morgan fingerprint density at radius 2 is 1.81 bits per heavy atom. The fraction of sp³-hybridized carbons (Fsp3) is 0.200. The molecule has 2 aromatic rings. The third kappa shape index (κ3) is 6.24. The molecule has 8 nitrogen and oxygen atoms in total. The Morgan fingerprint density at radius 1 is 1.16 bits per heavy atom. The lowest BCUT2D eigenvalue weighted by Crippen LogP contribution is -2.49. The van der Waals surface area contributed by atoms with Gasteiger partial charge in [0.1, 0.15) is 26.0 Å². The van der Waals surface area contributed by atoms with Crippen molar-refractivity contribution in [3.63, 3.8) is 0 Å². The maximum absolute atomic E-state index is 14.4. The van der Waals surface area contributed by atoms with Gasteiger partial charge in [0.05, 0.1) is 11.1 Å². The summed E-state index contributed by atoms with van der Waals surface area (Å²) in [7, 11) is 6.11. The number of hydrogen-bond acceptors (Lipinski definition) is 5. The van der Waals surface area contributed by atoms with E-state index in [1.807, 2.05) is 5.32 Å². The summed E-state index contributed by atoms with van der Waals surface area (Å²) in [5.41, 5.74) is -0.408. The average Bonchev–Trinajstić information content (AvgIpc) is 2.75. The molecule has 0 saturated heterocycles. The number of nitrogens with zero attached hydrogens (tertiary/aromatic N) is 1. The molecule has 0 aliphatic carbocycles. The Labute approximate surface area is 184 Å². The topological polar surface area (TPSA) is 116 Å². The van der Waals surface area contributed by atoms with Crippen LogP contribution in [0.3, 0.4) is 0 Å². The largest absolute Gasteiger partial charge is 0.450 e. The van der Waals surface area contributed by atoms with Gasteiger partial charge >= 0.3 is 7.48 Å².